The van der Waals surface area contributed by atoms with Crippen molar-refractivity contribution in [3.05, 3.63) is 40.3 Å². The Morgan fingerprint density at radius 1 is 1.32 bits per heavy atom. The molecule has 0 spiro atoms. The zero-order chi connectivity index (χ0) is 22.6. The van der Waals surface area contributed by atoms with Crippen molar-refractivity contribution in [2.45, 2.75) is 37.6 Å². The molecule has 3 rings (SSSR count). The summed E-state index contributed by atoms with van der Waals surface area (Å²) in [6, 6.07) is 5.74. The molecule has 0 radical (unpaired) electrons. The fourth-order valence-corrected chi connectivity index (χ4v) is 4.24. The molecule has 12 heteroatoms. The minimum Gasteiger partial charge on any atom is -0.481 e. The number of unbranched alkanes of at least 4 members (excludes halogenated alkanes) is 1. The average Bonchev–Trinajstić information content (AvgIpc) is 3.02. The van der Waals surface area contributed by atoms with E-state index in [0.29, 0.717) is 12.2 Å². The van der Waals surface area contributed by atoms with Crippen LogP contribution in [-0.2, 0) is 27.6 Å². The number of anilines is 1. The summed E-state index contributed by atoms with van der Waals surface area (Å²) in [6.07, 6.45) is 1.42. The summed E-state index contributed by atoms with van der Waals surface area (Å²) in [5.41, 5.74) is 6.04. The average molecular weight is 449 g/mol. The number of benzene rings is 1. The lowest BCUT2D eigenvalue weighted by molar-refractivity contribution is -0.136. The van der Waals surface area contributed by atoms with Gasteiger partial charge in [0, 0.05) is 6.54 Å². The molecule has 31 heavy (non-hydrogen) atoms. The second-order valence-electron chi connectivity index (χ2n) is 6.91. The summed E-state index contributed by atoms with van der Waals surface area (Å²) < 4.78 is 32.2. The number of hydrogen-bond acceptors (Lipinski definition) is 8. The molecular weight excluding hydrogens is 426 g/mol. The number of rotatable bonds is 10. The third kappa shape index (κ3) is 5.20. The topological polar surface area (TPSA) is 170 Å². The van der Waals surface area contributed by atoms with Gasteiger partial charge >= 0.3 is 17.7 Å². The molecule has 0 saturated heterocycles. The number of sulfone groups is 1. The number of nitrogen functional groups attached to an aromatic ring is 1. The highest BCUT2D eigenvalue weighted by Gasteiger charge is 2.19. The zero-order valence-electron chi connectivity index (χ0n) is 16.9. The Morgan fingerprint density at radius 3 is 2.81 bits per heavy atom. The van der Waals surface area contributed by atoms with E-state index in [1.54, 1.807) is 0 Å². The first-order valence-electron chi connectivity index (χ1n) is 9.63. The van der Waals surface area contributed by atoms with E-state index < -0.39 is 27.2 Å². The number of aryl methyl sites for hydroxylation is 1. The van der Waals surface area contributed by atoms with Gasteiger partial charge in [-0.2, -0.15) is 9.97 Å². The molecule has 3 aromatic rings. The number of ether oxygens (including phenoxy) is 1. The molecule has 166 valence electrons. The lowest BCUT2D eigenvalue weighted by Crippen LogP contribution is -2.22. The third-order valence-corrected chi connectivity index (χ3v) is 6.25. The summed E-state index contributed by atoms with van der Waals surface area (Å²) in [4.78, 5) is 34.0. The molecule has 0 saturated carbocycles. The van der Waals surface area contributed by atoms with E-state index in [0.717, 1.165) is 12.8 Å². The third-order valence-electron chi connectivity index (χ3n) is 4.56. The Bertz CT molecular complexity index is 1260. The molecule has 2 heterocycles. The van der Waals surface area contributed by atoms with Crippen LogP contribution in [0.3, 0.4) is 0 Å². The first-order valence-corrected chi connectivity index (χ1v) is 11.3. The van der Waals surface area contributed by atoms with Crippen molar-refractivity contribution in [1.82, 2.24) is 19.5 Å². The number of nitrogens with zero attached hydrogens (tertiary/aromatic N) is 3. The number of aromatic amines is 1. The van der Waals surface area contributed by atoms with Gasteiger partial charge in [-0.15, -0.1) is 0 Å². The van der Waals surface area contributed by atoms with Crippen molar-refractivity contribution in [3.8, 4) is 6.01 Å². The molecule has 0 aliphatic rings. The van der Waals surface area contributed by atoms with Gasteiger partial charge in [0.1, 0.15) is 5.52 Å². The second kappa shape index (κ2) is 9.16. The zero-order valence-corrected chi connectivity index (χ0v) is 17.7. The second-order valence-corrected chi connectivity index (χ2v) is 9.02. The van der Waals surface area contributed by atoms with E-state index in [4.69, 9.17) is 15.6 Å². The van der Waals surface area contributed by atoms with Gasteiger partial charge < -0.3 is 20.6 Å². The van der Waals surface area contributed by atoms with E-state index >= 15 is 0 Å². The van der Waals surface area contributed by atoms with Crippen LogP contribution >= 0.6 is 0 Å². The van der Waals surface area contributed by atoms with Gasteiger partial charge in [-0.1, -0.05) is 25.5 Å². The summed E-state index contributed by atoms with van der Waals surface area (Å²) in [7, 11) is -3.79. The number of aliphatic carboxylic acids is 1. The predicted octanol–water partition coefficient (Wildman–Crippen LogP) is 0.982. The minimum absolute atomic E-state index is 0.00966. The van der Waals surface area contributed by atoms with Gasteiger partial charge in [0.15, 0.2) is 21.3 Å². The molecule has 4 N–H and O–H groups in total. The smallest absolute Gasteiger partial charge is 0.327 e. The standard InChI is InChI=1S/C19H23N5O6S/c1-2-3-8-30-18-22-16(20)15-17(23-18)24(19(27)21-15)7-9-31(28,29)13-6-4-5-12(10-13)11-14(25)26/h4-6,10H,2-3,7-9,11H2,1H3,(H,21,27)(H,25,26)(H2,20,22,23). The molecule has 0 atom stereocenters. The molecular formula is C19H23N5O6S. The van der Waals surface area contributed by atoms with Gasteiger partial charge in [-0.3, -0.25) is 9.36 Å². The Kier molecular flexibility index (Phi) is 6.59. The number of hydrogen-bond donors (Lipinski definition) is 3. The Labute approximate surface area is 177 Å². The first kappa shape index (κ1) is 22.3. The lowest BCUT2D eigenvalue weighted by atomic mass is 10.2. The van der Waals surface area contributed by atoms with Gasteiger partial charge in [0.2, 0.25) is 0 Å². The predicted molar refractivity (Wildman–Crippen MR) is 113 cm³/mol. The van der Waals surface area contributed by atoms with E-state index in [-0.39, 0.29) is 40.9 Å². The van der Waals surface area contributed by atoms with E-state index in [2.05, 4.69) is 15.0 Å². The molecule has 1 aromatic carbocycles. The number of nitrogens with two attached hydrogens (primary N) is 1. The van der Waals surface area contributed by atoms with Gasteiger partial charge in [0.05, 0.1) is 23.7 Å². The van der Waals surface area contributed by atoms with Gasteiger partial charge in [0.25, 0.3) is 0 Å². The van der Waals surface area contributed by atoms with Crippen molar-refractivity contribution in [1.29, 1.82) is 0 Å². The largest absolute Gasteiger partial charge is 0.481 e. The van der Waals surface area contributed by atoms with E-state index in [9.17, 15) is 18.0 Å². The summed E-state index contributed by atoms with van der Waals surface area (Å²) in [5, 5.41) is 8.91. The fourth-order valence-electron chi connectivity index (χ4n) is 2.96. The highest BCUT2D eigenvalue weighted by molar-refractivity contribution is 7.91. The van der Waals surface area contributed by atoms with Crippen LogP contribution in [0.15, 0.2) is 34.0 Å². The van der Waals surface area contributed by atoms with Crippen molar-refractivity contribution in [2.24, 2.45) is 0 Å². The Hall–Kier alpha value is -3.41. The molecule has 2 aromatic heterocycles. The van der Waals surface area contributed by atoms with Crippen molar-refractivity contribution in [3.63, 3.8) is 0 Å². The Morgan fingerprint density at radius 2 is 2.10 bits per heavy atom. The highest BCUT2D eigenvalue weighted by atomic mass is 32.2. The molecule has 0 amide bonds. The lowest BCUT2D eigenvalue weighted by Gasteiger charge is -2.08. The molecule has 0 bridgehead atoms. The highest BCUT2D eigenvalue weighted by Crippen LogP contribution is 2.19. The van der Waals surface area contributed by atoms with E-state index in [1.165, 1.54) is 28.8 Å². The van der Waals surface area contributed by atoms with Crippen molar-refractivity contribution in [2.75, 3.05) is 18.1 Å². The molecule has 0 fully saturated rings. The normalized spacial score (nSPS) is 11.6. The van der Waals surface area contributed by atoms with Crippen LogP contribution in [0.2, 0.25) is 0 Å². The van der Waals surface area contributed by atoms with Crippen LogP contribution in [-0.4, -0.2) is 51.4 Å². The maximum Gasteiger partial charge on any atom is 0.327 e. The minimum atomic E-state index is -3.79. The number of carboxylic acid groups (broad SMARTS) is 1. The number of H-pyrrole nitrogens is 1. The summed E-state index contributed by atoms with van der Waals surface area (Å²) in [6.45, 7) is 2.20. The van der Waals surface area contributed by atoms with Crippen LogP contribution < -0.4 is 16.2 Å². The Balaban J connectivity index is 1.86. The number of aromatic nitrogens is 4. The summed E-state index contributed by atoms with van der Waals surface area (Å²) in [5.74, 6) is -1.43. The van der Waals surface area contributed by atoms with Gasteiger partial charge in [-0.05, 0) is 24.1 Å². The van der Waals surface area contributed by atoms with Crippen molar-refractivity contribution < 1.29 is 23.1 Å². The maximum absolute atomic E-state index is 12.8. The number of fused-ring (bicyclic) bond motifs is 1. The van der Waals surface area contributed by atoms with Crippen molar-refractivity contribution >= 4 is 32.8 Å². The van der Waals surface area contributed by atoms with Crippen LogP contribution in [0.25, 0.3) is 11.2 Å². The molecule has 11 nitrogen and oxygen atoms in total. The fraction of sp³-hybridized carbons (Fsp3) is 0.368. The maximum atomic E-state index is 12.8. The quantitative estimate of drug-likeness (QED) is 0.382. The monoisotopic (exact) mass is 449 g/mol. The molecule has 0 unspecified atom stereocenters. The number of carbonyl (C=O) groups is 1. The van der Waals surface area contributed by atoms with Crippen LogP contribution in [0, 0.1) is 0 Å². The van der Waals surface area contributed by atoms with Crippen LogP contribution in [0.5, 0.6) is 6.01 Å². The van der Waals surface area contributed by atoms with Gasteiger partial charge in [-0.25, -0.2) is 13.2 Å². The number of nitrogens with one attached hydrogen (secondary N) is 1. The first-order chi connectivity index (χ1) is 14.7. The molecule has 0 aliphatic carbocycles. The van der Waals surface area contributed by atoms with Crippen LogP contribution in [0.4, 0.5) is 5.82 Å². The number of carboxylic acids is 1. The van der Waals surface area contributed by atoms with Crippen LogP contribution in [0.1, 0.15) is 25.3 Å². The van der Waals surface area contributed by atoms with E-state index in [1.807, 2.05) is 6.92 Å². The number of imidazole rings is 1. The SMILES string of the molecule is CCCCOc1nc(N)c2[nH]c(=O)n(CCS(=O)(=O)c3cccc(CC(=O)O)c3)c2n1. The summed E-state index contributed by atoms with van der Waals surface area (Å²) >= 11 is 0. The molecule has 0 aliphatic heterocycles.